The standard InChI is InChI=1S/C22H30N2O.C2H2O4/c1-3-16-24(17-4-2)18-15-22(21(23)25,19-11-7-5-8-12-19)20-13-9-6-10-14-20;3-1(4)2(5)6/h5-14H,3-4,15-18H2,1-2H3,(H2,23,25);(H,3,4)(H,5,6). The highest BCUT2D eigenvalue weighted by Crippen LogP contribution is 2.34. The van der Waals surface area contributed by atoms with Crippen LogP contribution < -0.4 is 20.8 Å². The van der Waals surface area contributed by atoms with Crippen molar-refractivity contribution in [2.45, 2.75) is 38.5 Å². The smallest absolute Gasteiger partial charge is 0.324 e. The molecular weight excluding hydrogens is 396 g/mol. The molecule has 1 amide bonds. The van der Waals surface area contributed by atoms with Gasteiger partial charge in [0.25, 0.3) is 0 Å². The van der Waals surface area contributed by atoms with Crippen molar-refractivity contribution >= 4 is 17.8 Å². The summed E-state index contributed by atoms with van der Waals surface area (Å²) in [6, 6.07) is 20.3. The molecule has 0 saturated carbocycles. The fourth-order valence-corrected chi connectivity index (χ4v) is 3.81. The lowest BCUT2D eigenvalue weighted by Gasteiger charge is -2.31. The number of carboxylic acid groups (broad SMARTS) is 2. The van der Waals surface area contributed by atoms with Gasteiger partial charge < -0.3 is 24.7 Å². The van der Waals surface area contributed by atoms with Crippen LogP contribution in [0.3, 0.4) is 0 Å². The summed E-state index contributed by atoms with van der Waals surface area (Å²) in [5, 5.41) is 17.9. The normalized spacial score (nSPS) is 10.8. The molecule has 7 nitrogen and oxygen atoms in total. The Balaban J connectivity index is 0.000000703. The van der Waals surface area contributed by atoms with Crippen molar-refractivity contribution in [3.05, 3.63) is 71.8 Å². The molecule has 0 heterocycles. The van der Waals surface area contributed by atoms with Gasteiger partial charge in [-0.15, -0.1) is 0 Å². The molecule has 0 aliphatic carbocycles. The number of carbonyl (C=O) groups is 3. The predicted octanol–water partition coefficient (Wildman–Crippen LogP) is -1.68. The molecule has 31 heavy (non-hydrogen) atoms. The quantitative estimate of drug-likeness (QED) is 0.437. The fourth-order valence-electron chi connectivity index (χ4n) is 3.81. The van der Waals surface area contributed by atoms with Crippen molar-refractivity contribution < 1.29 is 35.2 Å². The third-order valence-electron chi connectivity index (χ3n) is 5.24. The van der Waals surface area contributed by atoms with Gasteiger partial charge in [0.05, 0.1) is 31.6 Å². The number of carbonyl (C=O) groups excluding carboxylic acids is 3. The van der Waals surface area contributed by atoms with E-state index < -0.39 is 17.4 Å². The number of benzene rings is 2. The van der Waals surface area contributed by atoms with Crippen molar-refractivity contribution in [2.75, 3.05) is 19.6 Å². The Morgan fingerprint density at radius 1 is 0.774 bits per heavy atom. The molecule has 0 unspecified atom stereocenters. The minimum absolute atomic E-state index is 0.0164. The van der Waals surface area contributed by atoms with E-state index in [1.165, 1.54) is 0 Å². The minimum atomic E-state index is -2.19. The van der Waals surface area contributed by atoms with E-state index in [1.807, 2.05) is 36.4 Å². The third-order valence-corrected chi connectivity index (χ3v) is 5.24. The highest BCUT2D eigenvalue weighted by Gasteiger charge is 2.44. The van der Waals surface area contributed by atoms with Crippen LogP contribution in [0.2, 0.25) is 0 Å². The second-order valence-corrected chi connectivity index (χ2v) is 7.39. The molecule has 0 fully saturated rings. The zero-order valence-corrected chi connectivity index (χ0v) is 18.3. The number of carboxylic acids is 2. The molecule has 0 saturated heterocycles. The van der Waals surface area contributed by atoms with E-state index in [1.54, 1.807) is 4.90 Å². The average molecular weight is 429 g/mol. The Kier molecular flexibility index (Phi) is 11.2. The van der Waals surface area contributed by atoms with Crippen LogP contribution in [-0.4, -0.2) is 37.5 Å². The summed E-state index contributed by atoms with van der Waals surface area (Å²) in [4.78, 5) is 32.3. The molecule has 4 N–H and O–H groups in total. The highest BCUT2D eigenvalue weighted by atomic mass is 16.4. The van der Waals surface area contributed by atoms with Crippen LogP contribution in [0.5, 0.6) is 0 Å². The SMILES string of the molecule is CCC[NH+](CCC)CCC(C([NH3+])=O)(c1ccccc1)c1ccccc1.O=C([O-])C(=O)[O-]. The Bertz CT molecular complexity index is 767. The first-order valence-electron chi connectivity index (χ1n) is 10.5. The summed E-state index contributed by atoms with van der Waals surface area (Å²) in [5.74, 6) is -4.39. The predicted molar refractivity (Wildman–Crippen MR) is 112 cm³/mol. The Labute approximate surface area is 183 Å². The van der Waals surface area contributed by atoms with E-state index in [0.29, 0.717) is 0 Å². The summed E-state index contributed by atoms with van der Waals surface area (Å²) in [5.41, 5.74) is 5.33. The van der Waals surface area contributed by atoms with Gasteiger partial charge in [0.2, 0.25) is 0 Å². The molecule has 0 bridgehead atoms. The molecule has 2 aromatic rings. The molecule has 0 atom stereocenters. The second kappa shape index (κ2) is 13.3. The zero-order valence-electron chi connectivity index (χ0n) is 18.3. The first-order chi connectivity index (χ1) is 14.8. The maximum Gasteiger partial charge on any atom is 0.324 e. The van der Waals surface area contributed by atoms with Crippen LogP contribution in [0.1, 0.15) is 44.2 Å². The molecule has 0 aliphatic rings. The number of aliphatic carboxylic acids is 2. The van der Waals surface area contributed by atoms with Gasteiger partial charge >= 0.3 is 5.91 Å². The lowest BCUT2D eigenvalue weighted by molar-refractivity contribution is -0.900. The molecule has 7 heteroatoms. The van der Waals surface area contributed by atoms with Gasteiger partial charge in [0.1, 0.15) is 5.41 Å². The number of hydrogen-bond acceptors (Lipinski definition) is 5. The molecule has 2 rings (SSSR count). The van der Waals surface area contributed by atoms with Crippen LogP contribution in [-0.2, 0) is 19.8 Å². The number of nitrogens with one attached hydrogen (secondary N) is 1. The Hall–Kier alpha value is -3.03. The van der Waals surface area contributed by atoms with Gasteiger partial charge in [-0.25, -0.2) is 4.79 Å². The number of quaternary nitrogens is 2. The maximum atomic E-state index is 12.9. The molecular formula is C24H32N2O5. The van der Waals surface area contributed by atoms with Crippen molar-refractivity contribution in [2.24, 2.45) is 0 Å². The summed E-state index contributed by atoms with van der Waals surface area (Å²) in [6.45, 7) is 7.73. The van der Waals surface area contributed by atoms with E-state index >= 15 is 0 Å². The molecule has 0 radical (unpaired) electrons. The monoisotopic (exact) mass is 428 g/mol. The van der Waals surface area contributed by atoms with Crippen molar-refractivity contribution in [3.63, 3.8) is 0 Å². The van der Waals surface area contributed by atoms with Gasteiger partial charge in [0.15, 0.2) is 0 Å². The maximum absolute atomic E-state index is 12.9. The number of amides is 1. The first kappa shape index (κ1) is 26.0. The lowest BCUT2D eigenvalue weighted by atomic mass is 9.71. The minimum Gasteiger partial charge on any atom is -0.543 e. The largest absolute Gasteiger partial charge is 0.543 e. The molecule has 2 aromatic carbocycles. The summed E-state index contributed by atoms with van der Waals surface area (Å²) < 4.78 is 0. The average Bonchev–Trinajstić information content (AvgIpc) is 2.76. The number of rotatable bonds is 10. The topological polar surface area (TPSA) is 129 Å². The number of hydrogen-bond donors (Lipinski definition) is 2. The first-order valence-corrected chi connectivity index (χ1v) is 10.5. The Morgan fingerprint density at radius 3 is 1.45 bits per heavy atom. The molecule has 0 aliphatic heterocycles. The van der Waals surface area contributed by atoms with E-state index in [2.05, 4.69) is 43.8 Å². The van der Waals surface area contributed by atoms with Crippen molar-refractivity contribution in [1.82, 2.24) is 0 Å². The van der Waals surface area contributed by atoms with Crippen LogP contribution in [0, 0.1) is 0 Å². The summed E-state index contributed by atoms with van der Waals surface area (Å²) >= 11 is 0. The van der Waals surface area contributed by atoms with Crippen LogP contribution in [0.4, 0.5) is 0 Å². The van der Waals surface area contributed by atoms with E-state index in [-0.39, 0.29) is 5.91 Å². The van der Waals surface area contributed by atoms with Gasteiger partial charge in [-0.3, -0.25) is 5.73 Å². The summed E-state index contributed by atoms with van der Waals surface area (Å²) in [7, 11) is 0. The van der Waals surface area contributed by atoms with E-state index in [0.717, 1.165) is 50.0 Å². The van der Waals surface area contributed by atoms with Crippen LogP contribution in [0.25, 0.3) is 0 Å². The van der Waals surface area contributed by atoms with Crippen molar-refractivity contribution in [3.8, 4) is 0 Å². The lowest BCUT2D eigenvalue weighted by Crippen LogP contribution is -3.12. The zero-order chi connectivity index (χ0) is 23.3. The Morgan fingerprint density at radius 2 is 1.16 bits per heavy atom. The van der Waals surface area contributed by atoms with Crippen molar-refractivity contribution in [1.29, 1.82) is 0 Å². The molecule has 0 spiro atoms. The van der Waals surface area contributed by atoms with E-state index in [4.69, 9.17) is 19.8 Å². The van der Waals surface area contributed by atoms with E-state index in [9.17, 15) is 4.79 Å². The second-order valence-electron chi connectivity index (χ2n) is 7.39. The van der Waals surface area contributed by atoms with Gasteiger partial charge in [-0.2, -0.15) is 0 Å². The van der Waals surface area contributed by atoms with Gasteiger partial charge in [-0.05, 0) is 24.0 Å². The molecule has 0 aromatic heterocycles. The third kappa shape index (κ3) is 7.62. The fraction of sp³-hybridized carbons (Fsp3) is 0.375. The molecule has 168 valence electrons. The summed E-state index contributed by atoms with van der Waals surface area (Å²) in [6.07, 6.45) is 3.12. The van der Waals surface area contributed by atoms with Gasteiger partial charge in [-0.1, -0.05) is 74.5 Å². The highest BCUT2D eigenvalue weighted by molar-refractivity contribution is 6.25. The van der Waals surface area contributed by atoms with Gasteiger partial charge in [0, 0.05) is 6.42 Å². The van der Waals surface area contributed by atoms with Crippen LogP contribution in [0.15, 0.2) is 60.7 Å². The van der Waals surface area contributed by atoms with Crippen LogP contribution >= 0.6 is 0 Å².